The van der Waals surface area contributed by atoms with E-state index in [1.165, 1.54) is 0 Å². The van der Waals surface area contributed by atoms with Crippen molar-refractivity contribution in [3.63, 3.8) is 0 Å². The Balaban J connectivity index is 1.28. The standard InChI is InChI=1S/C28H26N4O/c1-2-9-27-25(8-1)32(24-12-16-31(17-13-24)20-23-7-3-4-15-30-23)26-11-10-21(18-28(26)33-27)22-6-5-14-29-19-22/h1-11,14-15,18-19,24H,12-13,16-17,20H2. The Morgan fingerprint density at radius 1 is 0.788 bits per heavy atom. The van der Waals surface area contributed by atoms with Gasteiger partial charge >= 0.3 is 0 Å². The molecule has 0 radical (unpaired) electrons. The topological polar surface area (TPSA) is 41.5 Å². The number of fused-ring (bicyclic) bond motifs is 2. The highest BCUT2D eigenvalue weighted by Gasteiger charge is 2.32. The van der Waals surface area contributed by atoms with Crippen molar-refractivity contribution < 1.29 is 4.74 Å². The molecule has 6 rings (SSSR count). The highest BCUT2D eigenvalue weighted by molar-refractivity contribution is 5.81. The Kier molecular flexibility index (Phi) is 5.25. The lowest BCUT2D eigenvalue weighted by Gasteiger charge is -2.42. The van der Waals surface area contributed by atoms with E-state index in [1.54, 1.807) is 6.20 Å². The van der Waals surface area contributed by atoms with E-state index in [4.69, 9.17) is 4.74 Å². The van der Waals surface area contributed by atoms with Crippen molar-refractivity contribution in [1.82, 2.24) is 14.9 Å². The maximum absolute atomic E-state index is 6.38. The summed E-state index contributed by atoms with van der Waals surface area (Å²) in [6.07, 6.45) is 7.78. The van der Waals surface area contributed by atoms with Gasteiger partial charge in [0, 0.05) is 49.8 Å². The Hall–Kier alpha value is -3.70. The third-order valence-electron chi connectivity index (χ3n) is 6.59. The molecule has 0 saturated carbocycles. The van der Waals surface area contributed by atoms with Crippen molar-refractivity contribution >= 4 is 11.4 Å². The van der Waals surface area contributed by atoms with E-state index in [-0.39, 0.29) is 0 Å². The van der Waals surface area contributed by atoms with Crippen LogP contribution in [-0.4, -0.2) is 34.0 Å². The minimum atomic E-state index is 0.429. The largest absolute Gasteiger partial charge is 0.453 e. The minimum Gasteiger partial charge on any atom is -0.453 e. The lowest BCUT2D eigenvalue weighted by Crippen LogP contribution is -2.43. The number of anilines is 2. The first-order chi connectivity index (χ1) is 16.3. The third-order valence-corrected chi connectivity index (χ3v) is 6.59. The number of likely N-dealkylation sites (tertiary alicyclic amines) is 1. The highest BCUT2D eigenvalue weighted by Crippen LogP contribution is 2.49. The zero-order chi connectivity index (χ0) is 22.0. The summed E-state index contributed by atoms with van der Waals surface area (Å²) >= 11 is 0. The quantitative estimate of drug-likeness (QED) is 0.391. The van der Waals surface area contributed by atoms with Crippen LogP contribution in [0.2, 0.25) is 0 Å². The van der Waals surface area contributed by atoms with Crippen molar-refractivity contribution in [3.05, 3.63) is 97.1 Å². The first kappa shape index (κ1) is 19.9. The van der Waals surface area contributed by atoms with E-state index >= 15 is 0 Å². The van der Waals surface area contributed by atoms with Gasteiger partial charge in [0.1, 0.15) is 0 Å². The number of rotatable bonds is 4. The van der Waals surface area contributed by atoms with Crippen molar-refractivity contribution in [2.75, 3.05) is 18.0 Å². The molecule has 5 nitrogen and oxygen atoms in total. The molecule has 2 aromatic heterocycles. The predicted molar refractivity (Wildman–Crippen MR) is 131 cm³/mol. The van der Waals surface area contributed by atoms with Crippen LogP contribution in [0.15, 0.2) is 91.4 Å². The molecular formula is C28H26N4O. The van der Waals surface area contributed by atoms with Gasteiger partial charge in [0.2, 0.25) is 0 Å². The molecule has 0 aliphatic carbocycles. The number of piperidine rings is 1. The fraction of sp³-hybridized carbons (Fsp3) is 0.214. The number of aromatic nitrogens is 2. The van der Waals surface area contributed by atoms with Crippen LogP contribution in [-0.2, 0) is 6.54 Å². The molecular weight excluding hydrogens is 408 g/mol. The van der Waals surface area contributed by atoms with Gasteiger partial charge in [0.15, 0.2) is 11.5 Å². The second-order valence-corrected chi connectivity index (χ2v) is 8.69. The second-order valence-electron chi connectivity index (χ2n) is 8.69. The molecule has 0 bridgehead atoms. The predicted octanol–water partition coefficient (Wildman–Crippen LogP) is 6.05. The monoisotopic (exact) mass is 434 g/mol. The molecule has 0 amide bonds. The zero-order valence-corrected chi connectivity index (χ0v) is 18.5. The minimum absolute atomic E-state index is 0.429. The second kappa shape index (κ2) is 8.68. The van der Waals surface area contributed by atoms with Gasteiger partial charge in [-0.2, -0.15) is 0 Å². The molecule has 0 unspecified atom stereocenters. The molecule has 2 aliphatic rings. The Bertz CT molecular complexity index is 1240. The Morgan fingerprint density at radius 3 is 2.45 bits per heavy atom. The summed E-state index contributed by atoms with van der Waals surface area (Å²) in [5, 5.41) is 0. The molecule has 4 aromatic rings. The Labute approximate surface area is 194 Å². The summed E-state index contributed by atoms with van der Waals surface area (Å²) in [5.74, 6) is 1.83. The molecule has 2 aromatic carbocycles. The number of hydrogen-bond donors (Lipinski definition) is 0. The number of hydrogen-bond acceptors (Lipinski definition) is 5. The molecule has 1 fully saturated rings. The van der Waals surface area contributed by atoms with Gasteiger partial charge in [-0.15, -0.1) is 0 Å². The first-order valence-corrected chi connectivity index (χ1v) is 11.6. The van der Waals surface area contributed by atoms with Crippen LogP contribution in [0.5, 0.6) is 11.5 Å². The van der Waals surface area contributed by atoms with E-state index in [0.29, 0.717) is 6.04 Å². The van der Waals surface area contributed by atoms with E-state index in [0.717, 1.165) is 72.2 Å². The third kappa shape index (κ3) is 3.96. The average molecular weight is 435 g/mol. The van der Waals surface area contributed by atoms with E-state index in [2.05, 4.69) is 74.4 Å². The zero-order valence-electron chi connectivity index (χ0n) is 18.5. The van der Waals surface area contributed by atoms with Crippen molar-refractivity contribution in [3.8, 4) is 22.6 Å². The number of benzene rings is 2. The summed E-state index contributed by atoms with van der Waals surface area (Å²) in [7, 11) is 0. The SMILES string of the molecule is c1ccc(CN2CCC(N3c4ccccc4Oc4cc(-c5cccnc5)ccc43)CC2)nc1. The number of nitrogens with zero attached hydrogens (tertiary/aromatic N) is 4. The van der Waals surface area contributed by atoms with Crippen LogP contribution in [0.25, 0.3) is 11.1 Å². The van der Waals surface area contributed by atoms with Gasteiger partial charge in [-0.1, -0.05) is 30.3 Å². The van der Waals surface area contributed by atoms with Crippen LogP contribution in [0.3, 0.4) is 0 Å². The van der Waals surface area contributed by atoms with E-state index in [1.807, 2.05) is 30.6 Å². The first-order valence-electron chi connectivity index (χ1n) is 11.6. The average Bonchev–Trinajstić information content (AvgIpc) is 2.89. The van der Waals surface area contributed by atoms with Crippen molar-refractivity contribution in [2.45, 2.75) is 25.4 Å². The molecule has 1 saturated heterocycles. The van der Waals surface area contributed by atoms with Gasteiger partial charge in [-0.05, 0) is 60.9 Å². The normalized spacial score (nSPS) is 16.1. The van der Waals surface area contributed by atoms with Crippen LogP contribution in [0.1, 0.15) is 18.5 Å². The molecule has 33 heavy (non-hydrogen) atoms. The van der Waals surface area contributed by atoms with Gasteiger partial charge in [0.25, 0.3) is 0 Å². The van der Waals surface area contributed by atoms with Crippen molar-refractivity contribution in [2.24, 2.45) is 0 Å². The maximum atomic E-state index is 6.38. The van der Waals surface area contributed by atoms with Crippen LogP contribution in [0, 0.1) is 0 Å². The van der Waals surface area contributed by atoms with Crippen LogP contribution in [0.4, 0.5) is 11.4 Å². The molecule has 0 N–H and O–H groups in total. The van der Waals surface area contributed by atoms with Gasteiger partial charge in [-0.3, -0.25) is 14.9 Å². The van der Waals surface area contributed by atoms with Gasteiger partial charge in [-0.25, -0.2) is 0 Å². The van der Waals surface area contributed by atoms with Gasteiger partial charge < -0.3 is 9.64 Å². The Morgan fingerprint density at radius 2 is 1.64 bits per heavy atom. The lowest BCUT2D eigenvalue weighted by molar-refractivity contribution is 0.202. The highest BCUT2D eigenvalue weighted by atomic mass is 16.5. The lowest BCUT2D eigenvalue weighted by atomic mass is 9.98. The summed E-state index contributed by atoms with van der Waals surface area (Å²) in [6, 6.07) is 25.5. The molecule has 5 heteroatoms. The van der Waals surface area contributed by atoms with E-state index in [9.17, 15) is 0 Å². The molecule has 164 valence electrons. The summed E-state index contributed by atoms with van der Waals surface area (Å²) in [5.41, 5.74) is 5.65. The summed E-state index contributed by atoms with van der Waals surface area (Å²) < 4.78 is 6.38. The maximum Gasteiger partial charge on any atom is 0.151 e. The summed E-state index contributed by atoms with van der Waals surface area (Å²) in [6.45, 7) is 3.03. The van der Waals surface area contributed by atoms with Crippen LogP contribution >= 0.6 is 0 Å². The van der Waals surface area contributed by atoms with Gasteiger partial charge in [0.05, 0.1) is 17.1 Å². The number of pyridine rings is 2. The van der Waals surface area contributed by atoms with Crippen LogP contribution < -0.4 is 9.64 Å². The number of para-hydroxylation sites is 2. The van der Waals surface area contributed by atoms with E-state index < -0.39 is 0 Å². The molecule has 4 heterocycles. The molecule has 0 atom stereocenters. The molecule has 2 aliphatic heterocycles. The fourth-order valence-electron chi connectivity index (χ4n) is 4.95. The smallest absolute Gasteiger partial charge is 0.151 e. The summed E-state index contributed by atoms with van der Waals surface area (Å²) in [4.78, 5) is 13.8. The molecule has 0 spiro atoms. The fourth-order valence-corrected chi connectivity index (χ4v) is 4.95. The van der Waals surface area contributed by atoms with Crippen molar-refractivity contribution in [1.29, 1.82) is 0 Å². The number of ether oxygens (including phenoxy) is 1.